The van der Waals surface area contributed by atoms with Gasteiger partial charge in [-0.1, -0.05) is 24.6 Å². The van der Waals surface area contributed by atoms with Crippen LogP contribution in [-0.2, 0) is 19.3 Å². The van der Waals surface area contributed by atoms with Crippen LogP contribution in [0.4, 0.5) is 18.9 Å². The summed E-state index contributed by atoms with van der Waals surface area (Å²) in [7, 11) is 0. The molecule has 3 rings (SSSR count). The van der Waals surface area contributed by atoms with Gasteiger partial charge in [-0.25, -0.2) is 4.98 Å². The smallest absolute Gasteiger partial charge is 0.377 e. The summed E-state index contributed by atoms with van der Waals surface area (Å²) in [5.41, 5.74) is 1.99. The van der Waals surface area contributed by atoms with Crippen molar-refractivity contribution in [1.82, 2.24) is 9.88 Å². The summed E-state index contributed by atoms with van der Waals surface area (Å²) in [5.74, 6) is 0.636. The molecule has 0 aliphatic heterocycles. The van der Waals surface area contributed by atoms with Crippen molar-refractivity contribution in [2.24, 2.45) is 5.92 Å². The second-order valence-corrected chi connectivity index (χ2v) is 9.42. The number of anilines is 1. The molecule has 8 heteroatoms. The van der Waals surface area contributed by atoms with Crippen molar-refractivity contribution in [1.29, 1.82) is 0 Å². The van der Waals surface area contributed by atoms with Gasteiger partial charge in [0, 0.05) is 13.1 Å². The fourth-order valence-corrected chi connectivity index (χ4v) is 4.99. The van der Waals surface area contributed by atoms with E-state index in [9.17, 15) is 13.2 Å². The van der Waals surface area contributed by atoms with Gasteiger partial charge in [0.2, 0.25) is 0 Å². The van der Waals surface area contributed by atoms with E-state index in [0.29, 0.717) is 27.4 Å². The van der Waals surface area contributed by atoms with Crippen molar-refractivity contribution >= 4 is 28.6 Å². The molecular formula is C21H27ClF3N3S. The molecule has 0 bridgehead atoms. The number of hydrogen-bond donors (Lipinski definition) is 1. The molecule has 2 aromatic rings. The van der Waals surface area contributed by atoms with E-state index in [1.54, 1.807) is 0 Å². The Labute approximate surface area is 179 Å². The van der Waals surface area contributed by atoms with E-state index in [0.717, 1.165) is 47.7 Å². The van der Waals surface area contributed by atoms with E-state index >= 15 is 0 Å². The van der Waals surface area contributed by atoms with Crippen molar-refractivity contribution in [2.75, 3.05) is 18.4 Å². The Morgan fingerprint density at radius 2 is 2.00 bits per heavy atom. The molecule has 0 spiro atoms. The minimum Gasteiger partial charge on any atom is -0.377 e. The molecule has 1 aromatic carbocycles. The standard InChI is InChI=1S/C21H27ClF3N3S/c1-4-7-28(11-15-5-6-15)12-17-20(21(23,24)25)27-18(29-17)10-26-19-14(3)8-13(2)9-16(19)22/h8-9,15,26H,4-7,10-12H2,1-3H3. The third kappa shape index (κ3) is 6.09. The maximum atomic E-state index is 13.6. The lowest BCUT2D eigenvalue weighted by Gasteiger charge is -2.21. The Hall–Kier alpha value is -1.31. The summed E-state index contributed by atoms with van der Waals surface area (Å²) < 4.78 is 40.8. The maximum Gasteiger partial charge on any atom is 0.434 e. The lowest BCUT2D eigenvalue weighted by molar-refractivity contribution is -0.141. The highest BCUT2D eigenvalue weighted by Crippen LogP contribution is 2.37. The van der Waals surface area contributed by atoms with Crippen LogP contribution in [0, 0.1) is 19.8 Å². The quantitative estimate of drug-likeness (QED) is 0.467. The molecule has 160 valence electrons. The second kappa shape index (κ2) is 9.23. The van der Waals surface area contributed by atoms with Crippen molar-refractivity contribution in [2.45, 2.75) is 59.3 Å². The molecule has 0 amide bonds. The topological polar surface area (TPSA) is 28.2 Å². The second-order valence-electron chi connectivity index (χ2n) is 7.85. The number of aryl methyl sites for hydroxylation is 2. The summed E-state index contributed by atoms with van der Waals surface area (Å²) in [6.45, 7) is 8.13. The number of aromatic nitrogens is 1. The summed E-state index contributed by atoms with van der Waals surface area (Å²) in [4.78, 5) is 6.38. The van der Waals surface area contributed by atoms with Crippen molar-refractivity contribution in [3.8, 4) is 0 Å². The largest absolute Gasteiger partial charge is 0.434 e. The number of alkyl halides is 3. The van der Waals surface area contributed by atoms with Crippen molar-refractivity contribution in [3.63, 3.8) is 0 Å². The van der Waals surface area contributed by atoms with Gasteiger partial charge in [0.25, 0.3) is 0 Å². The molecule has 3 nitrogen and oxygen atoms in total. The molecule has 1 saturated carbocycles. The summed E-state index contributed by atoms with van der Waals surface area (Å²) in [5, 5.41) is 4.16. The third-order valence-corrected chi connectivity index (χ3v) is 6.32. The Bertz CT molecular complexity index is 823. The van der Waals surface area contributed by atoms with Gasteiger partial charge in [-0.05, 0) is 62.8 Å². The molecule has 0 radical (unpaired) electrons. The van der Waals surface area contributed by atoms with Crippen LogP contribution < -0.4 is 5.32 Å². The molecule has 29 heavy (non-hydrogen) atoms. The average Bonchev–Trinajstić information content (AvgIpc) is 3.31. The molecule has 1 fully saturated rings. The molecule has 0 atom stereocenters. The summed E-state index contributed by atoms with van der Waals surface area (Å²) in [6, 6.07) is 3.83. The van der Waals surface area contributed by atoms with Gasteiger partial charge in [0.1, 0.15) is 5.01 Å². The number of hydrogen-bond acceptors (Lipinski definition) is 4. The highest BCUT2D eigenvalue weighted by Gasteiger charge is 2.38. The number of halogens is 4. The van der Waals surface area contributed by atoms with Crippen LogP contribution in [0.15, 0.2) is 12.1 Å². The first kappa shape index (κ1) is 22.4. The summed E-state index contributed by atoms with van der Waals surface area (Å²) >= 11 is 7.45. The first-order valence-electron chi connectivity index (χ1n) is 9.96. The minimum atomic E-state index is -4.45. The van der Waals surface area contributed by atoms with Gasteiger partial charge in [-0.15, -0.1) is 11.3 Å². The Morgan fingerprint density at radius 1 is 1.28 bits per heavy atom. The van der Waals surface area contributed by atoms with Crippen LogP contribution in [0.1, 0.15) is 52.9 Å². The zero-order valence-electron chi connectivity index (χ0n) is 17.0. The monoisotopic (exact) mass is 445 g/mol. The first-order valence-corrected chi connectivity index (χ1v) is 11.2. The number of thiazole rings is 1. The van der Waals surface area contributed by atoms with E-state index in [1.807, 2.05) is 26.0 Å². The van der Waals surface area contributed by atoms with Crippen LogP contribution in [0.2, 0.25) is 5.02 Å². The van der Waals surface area contributed by atoms with E-state index in [2.05, 4.69) is 22.1 Å². The molecule has 1 aliphatic carbocycles. The molecular weight excluding hydrogens is 419 g/mol. The predicted octanol–water partition coefficient (Wildman–Crippen LogP) is 6.67. The van der Waals surface area contributed by atoms with E-state index < -0.39 is 11.9 Å². The van der Waals surface area contributed by atoms with E-state index in [-0.39, 0.29) is 6.54 Å². The number of nitrogens with zero attached hydrogens (tertiary/aromatic N) is 2. The van der Waals surface area contributed by atoms with E-state index in [1.165, 1.54) is 12.8 Å². The van der Waals surface area contributed by atoms with Crippen LogP contribution in [0.25, 0.3) is 0 Å². The molecule has 1 aliphatic rings. The average molecular weight is 446 g/mol. The Morgan fingerprint density at radius 3 is 2.59 bits per heavy atom. The van der Waals surface area contributed by atoms with Crippen LogP contribution in [-0.4, -0.2) is 23.0 Å². The van der Waals surface area contributed by atoms with Gasteiger partial charge in [0.05, 0.1) is 22.1 Å². The third-order valence-electron chi connectivity index (χ3n) is 4.98. The molecule has 0 saturated heterocycles. The Kier molecular flexibility index (Phi) is 7.12. The lowest BCUT2D eigenvalue weighted by Crippen LogP contribution is -2.27. The van der Waals surface area contributed by atoms with Crippen molar-refractivity contribution < 1.29 is 13.2 Å². The number of benzene rings is 1. The highest BCUT2D eigenvalue weighted by atomic mass is 35.5. The highest BCUT2D eigenvalue weighted by molar-refractivity contribution is 7.11. The number of nitrogens with one attached hydrogen (secondary N) is 1. The SMILES string of the molecule is CCCN(Cc1sc(CNc2c(C)cc(C)cc2Cl)nc1C(F)(F)F)CC1CC1. The molecule has 1 N–H and O–H groups in total. The van der Waals surface area contributed by atoms with Gasteiger partial charge >= 0.3 is 6.18 Å². The fourth-order valence-electron chi connectivity index (χ4n) is 3.53. The zero-order valence-corrected chi connectivity index (χ0v) is 18.6. The fraction of sp³-hybridized carbons (Fsp3) is 0.571. The Balaban J connectivity index is 1.77. The molecule has 1 aromatic heterocycles. The molecule has 0 unspecified atom stereocenters. The van der Waals surface area contributed by atoms with Crippen molar-refractivity contribution in [3.05, 3.63) is 43.9 Å². The van der Waals surface area contributed by atoms with Gasteiger partial charge < -0.3 is 5.32 Å². The van der Waals surface area contributed by atoms with E-state index in [4.69, 9.17) is 11.6 Å². The summed E-state index contributed by atoms with van der Waals surface area (Å²) in [6.07, 6.45) is -1.16. The first-order chi connectivity index (χ1) is 13.7. The van der Waals surface area contributed by atoms with Crippen LogP contribution >= 0.6 is 22.9 Å². The van der Waals surface area contributed by atoms with Crippen LogP contribution in [0.5, 0.6) is 0 Å². The van der Waals surface area contributed by atoms with Gasteiger partial charge in [0.15, 0.2) is 5.69 Å². The molecule has 1 heterocycles. The lowest BCUT2D eigenvalue weighted by atomic mass is 10.1. The van der Waals surface area contributed by atoms with Crippen LogP contribution in [0.3, 0.4) is 0 Å². The van der Waals surface area contributed by atoms with Gasteiger partial charge in [-0.3, -0.25) is 4.90 Å². The predicted molar refractivity (Wildman–Crippen MR) is 114 cm³/mol. The minimum absolute atomic E-state index is 0.216. The normalized spacial score (nSPS) is 14.6. The van der Waals surface area contributed by atoms with Gasteiger partial charge in [-0.2, -0.15) is 13.2 Å². The zero-order chi connectivity index (χ0) is 21.2. The number of rotatable bonds is 9. The maximum absolute atomic E-state index is 13.6.